The van der Waals surface area contributed by atoms with Crippen molar-refractivity contribution in [3.05, 3.63) is 40.9 Å². The lowest BCUT2D eigenvalue weighted by Gasteiger charge is -2.22. The van der Waals surface area contributed by atoms with Crippen LogP contribution in [-0.2, 0) is 25.7 Å². The van der Waals surface area contributed by atoms with Gasteiger partial charge in [-0.3, -0.25) is 24.1 Å². The fraction of sp³-hybridized carbons (Fsp3) is 0.391. The van der Waals surface area contributed by atoms with Gasteiger partial charge in [0.05, 0.1) is 12.0 Å². The summed E-state index contributed by atoms with van der Waals surface area (Å²) >= 11 is 0.833. The van der Waals surface area contributed by atoms with E-state index in [1.54, 1.807) is 21.7 Å². The number of hydrogen-bond acceptors (Lipinski definition) is 6. The maximum atomic E-state index is 12.9. The van der Waals surface area contributed by atoms with Crippen molar-refractivity contribution in [2.45, 2.75) is 32.2 Å². The van der Waals surface area contributed by atoms with Crippen molar-refractivity contribution in [1.82, 2.24) is 14.4 Å². The molecule has 9 heteroatoms. The molecule has 168 valence electrons. The Morgan fingerprint density at radius 2 is 1.78 bits per heavy atom. The Morgan fingerprint density at radius 1 is 1.06 bits per heavy atom. The predicted molar refractivity (Wildman–Crippen MR) is 122 cm³/mol. The fourth-order valence-corrected chi connectivity index (χ4v) is 4.89. The van der Waals surface area contributed by atoms with E-state index in [2.05, 4.69) is 0 Å². The Balaban J connectivity index is 1.56. The van der Waals surface area contributed by atoms with Gasteiger partial charge in [0.25, 0.3) is 11.1 Å². The second kappa shape index (κ2) is 9.60. The van der Waals surface area contributed by atoms with E-state index in [1.807, 2.05) is 24.3 Å². The number of nitrogens with zero attached hydrogens (tertiary/aromatic N) is 3. The molecular formula is C23H25N3O5S. The first-order chi connectivity index (χ1) is 15.5. The van der Waals surface area contributed by atoms with Gasteiger partial charge in [0.1, 0.15) is 13.1 Å². The molecule has 1 aromatic heterocycles. The zero-order valence-corrected chi connectivity index (χ0v) is 18.7. The minimum Gasteiger partial charge on any atom is -0.468 e. The van der Waals surface area contributed by atoms with Crippen molar-refractivity contribution >= 4 is 51.8 Å². The van der Waals surface area contributed by atoms with Gasteiger partial charge >= 0.3 is 5.97 Å². The Labute approximate surface area is 190 Å². The number of amides is 3. The van der Waals surface area contributed by atoms with Crippen LogP contribution in [0.1, 0.15) is 31.2 Å². The molecule has 2 aliphatic heterocycles. The third-order valence-corrected chi connectivity index (χ3v) is 6.67. The van der Waals surface area contributed by atoms with Crippen molar-refractivity contribution < 1.29 is 23.9 Å². The Kier molecular flexibility index (Phi) is 6.64. The number of rotatable bonds is 5. The summed E-state index contributed by atoms with van der Waals surface area (Å²) < 4.78 is 6.52. The van der Waals surface area contributed by atoms with Gasteiger partial charge in [0.2, 0.25) is 5.91 Å². The molecule has 2 aromatic rings. The number of esters is 1. The van der Waals surface area contributed by atoms with Crippen LogP contribution in [0.25, 0.3) is 17.0 Å². The maximum absolute atomic E-state index is 12.9. The SMILES string of the molecule is COC(=O)Cn1cc(C=C2SC(=O)N(CC(=O)N3CCCCCC3)C2=O)c2ccccc21. The van der Waals surface area contributed by atoms with E-state index in [4.69, 9.17) is 4.74 Å². The molecule has 1 aromatic carbocycles. The maximum Gasteiger partial charge on any atom is 0.325 e. The summed E-state index contributed by atoms with van der Waals surface area (Å²) in [6.45, 7) is 1.15. The normalized spacial score (nSPS) is 18.5. The second-order valence-electron chi connectivity index (χ2n) is 7.87. The lowest BCUT2D eigenvalue weighted by atomic mass is 10.1. The highest BCUT2D eigenvalue weighted by molar-refractivity contribution is 8.18. The number of carbonyl (C=O) groups is 4. The van der Waals surface area contributed by atoms with Crippen LogP contribution in [0.5, 0.6) is 0 Å². The van der Waals surface area contributed by atoms with E-state index in [-0.39, 0.29) is 29.9 Å². The molecule has 8 nitrogen and oxygen atoms in total. The summed E-state index contributed by atoms with van der Waals surface area (Å²) in [6.07, 6.45) is 7.50. The van der Waals surface area contributed by atoms with Crippen LogP contribution < -0.4 is 0 Å². The molecule has 0 radical (unpaired) electrons. The minimum absolute atomic E-state index is 0.0384. The Hall–Kier alpha value is -3.07. The fourth-order valence-electron chi connectivity index (χ4n) is 4.06. The molecule has 2 aliphatic rings. The van der Waals surface area contributed by atoms with Crippen LogP contribution in [0.3, 0.4) is 0 Å². The van der Waals surface area contributed by atoms with Crippen molar-refractivity contribution in [2.75, 3.05) is 26.7 Å². The number of para-hydroxylation sites is 1. The van der Waals surface area contributed by atoms with Gasteiger partial charge in [-0.25, -0.2) is 0 Å². The Morgan fingerprint density at radius 3 is 2.50 bits per heavy atom. The minimum atomic E-state index is -0.465. The summed E-state index contributed by atoms with van der Waals surface area (Å²) in [6, 6.07) is 7.50. The third kappa shape index (κ3) is 4.57. The van der Waals surface area contributed by atoms with Crippen LogP contribution in [0.2, 0.25) is 0 Å². The van der Waals surface area contributed by atoms with Gasteiger partial charge in [-0.15, -0.1) is 0 Å². The van der Waals surface area contributed by atoms with Crippen LogP contribution in [0, 0.1) is 0 Å². The lowest BCUT2D eigenvalue weighted by Crippen LogP contribution is -2.42. The highest BCUT2D eigenvalue weighted by Gasteiger charge is 2.37. The Bertz CT molecular complexity index is 1100. The molecule has 0 bridgehead atoms. The van der Waals surface area contributed by atoms with Crippen molar-refractivity contribution in [2.24, 2.45) is 0 Å². The number of likely N-dealkylation sites (tertiary alicyclic amines) is 1. The number of thioether (sulfide) groups is 1. The number of hydrogen-bond donors (Lipinski definition) is 0. The number of fused-ring (bicyclic) bond motifs is 1. The highest BCUT2D eigenvalue weighted by Crippen LogP contribution is 2.34. The highest BCUT2D eigenvalue weighted by atomic mass is 32.2. The molecule has 0 unspecified atom stereocenters. The van der Waals surface area contributed by atoms with Crippen LogP contribution in [0.15, 0.2) is 35.4 Å². The zero-order valence-electron chi connectivity index (χ0n) is 17.9. The average molecular weight is 456 g/mol. The van der Waals surface area contributed by atoms with E-state index in [0.29, 0.717) is 18.7 Å². The van der Waals surface area contributed by atoms with Gasteiger partial charge in [-0.1, -0.05) is 31.0 Å². The van der Waals surface area contributed by atoms with Gasteiger partial charge in [0, 0.05) is 35.8 Å². The van der Waals surface area contributed by atoms with Gasteiger partial charge in [-0.2, -0.15) is 0 Å². The van der Waals surface area contributed by atoms with E-state index >= 15 is 0 Å². The first kappa shape index (κ1) is 22.1. The standard InChI is InChI=1S/C23H25N3O5S/c1-31-21(28)15-25-13-16(17-8-4-5-9-18(17)25)12-19-22(29)26(23(30)32-19)14-20(27)24-10-6-2-3-7-11-24/h4-5,8-9,12-13H,2-3,6-7,10-11,14-15H2,1H3. The van der Waals surface area contributed by atoms with Crippen LogP contribution >= 0.6 is 11.8 Å². The van der Waals surface area contributed by atoms with Gasteiger partial charge in [-0.05, 0) is 36.7 Å². The first-order valence-corrected chi connectivity index (χ1v) is 11.5. The molecule has 0 spiro atoms. The molecule has 0 atom stereocenters. The van der Waals surface area contributed by atoms with Crippen molar-refractivity contribution in [1.29, 1.82) is 0 Å². The quantitative estimate of drug-likeness (QED) is 0.508. The van der Waals surface area contributed by atoms with Crippen molar-refractivity contribution in [3.63, 3.8) is 0 Å². The second-order valence-corrected chi connectivity index (χ2v) is 8.86. The summed E-state index contributed by atoms with van der Waals surface area (Å²) in [4.78, 5) is 52.9. The van der Waals surface area contributed by atoms with Crippen molar-refractivity contribution in [3.8, 4) is 0 Å². The topological polar surface area (TPSA) is 88.9 Å². The number of carbonyl (C=O) groups excluding carboxylic acids is 4. The number of imide groups is 1. The molecule has 0 aliphatic carbocycles. The summed E-state index contributed by atoms with van der Waals surface area (Å²) in [5.41, 5.74) is 1.54. The number of ether oxygens (including phenoxy) is 1. The third-order valence-electron chi connectivity index (χ3n) is 5.76. The summed E-state index contributed by atoms with van der Waals surface area (Å²) in [5.74, 6) is -1.04. The number of aromatic nitrogens is 1. The molecule has 2 saturated heterocycles. The first-order valence-electron chi connectivity index (χ1n) is 10.7. The predicted octanol–water partition coefficient (Wildman–Crippen LogP) is 3.25. The van der Waals surface area contributed by atoms with E-state index in [0.717, 1.165) is 53.2 Å². The number of methoxy groups -OCH3 is 1. The van der Waals surface area contributed by atoms with E-state index < -0.39 is 11.1 Å². The van der Waals surface area contributed by atoms with Gasteiger partial charge in [0.15, 0.2) is 0 Å². The molecular weight excluding hydrogens is 430 g/mol. The molecule has 2 fully saturated rings. The average Bonchev–Trinajstić information content (AvgIpc) is 3.10. The number of benzene rings is 1. The molecule has 3 heterocycles. The molecule has 32 heavy (non-hydrogen) atoms. The lowest BCUT2D eigenvalue weighted by molar-refractivity contribution is -0.141. The van der Waals surface area contributed by atoms with Crippen LogP contribution in [-0.4, -0.2) is 64.1 Å². The molecule has 0 saturated carbocycles. The van der Waals surface area contributed by atoms with Crippen LogP contribution in [0.4, 0.5) is 4.79 Å². The monoisotopic (exact) mass is 455 g/mol. The molecule has 3 amide bonds. The molecule has 0 N–H and O–H groups in total. The molecule has 4 rings (SSSR count). The smallest absolute Gasteiger partial charge is 0.325 e. The van der Waals surface area contributed by atoms with E-state index in [9.17, 15) is 19.2 Å². The zero-order chi connectivity index (χ0) is 22.7. The largest absolute Gasteiger partial charge is 0.468 e. The summed E-state index contributed by atoms with van der Waals surface area (Å²) in [5, 5.41) is 0.409. The van der Waals surface area contributed by atoms with E-state index in [1.165, 1.54) is 7.11 Å². The summed E-state index contributed by atoms with van der Waals surface area (Å²) in [7, 11) is 1.33. The van der Waals surface area contributed by atoms with Gasteiger partial charge < -0.3 is 14.2 Å².